The lowest BCUT2D eigenvalue weighted by Gasteiger charge is -2.16. The SMILES string of the molecule is CCN(C)/C=N\c1cc(C)c(Oc2cccc(S(=O)(=NCC3CC3)C(F)(F)F)c2)cc1Cl. The Labute approximate surface area is 191 Å². The highest BCUT2D eigenvalue weighted by Gasteiger charge is 2.45. The molecule has 0 spiro atoms. The van der Waals surface area contributed by atoms with Gasteiger partial charge in [0, 0.05) is 19.7 Å². The van der Waals surface area contributed by atoms with Gasteiger partial charge in [0.15, 0.2) is 9.73 Å². The highest BCUT2D eigenvalue weighted by molar-refractivity contribution is 7.94. The summed E-state index contributed by atoms with van der Waals surface area (Å²) in [6.45, 7) is 4.49. The Morgan fingerprint density at radius 3 is 2.62 bits per heavy atom. The van der Waals surface area contributed by atoms with Gasteiger partial charge in [-0.05, 0) is 62.4 Å². The van der Waals surface area contributed by atoms with Gasteiger partial charge in [-0.25, -0.2) is 13.6 Å². The van der Waals surface area contributed by atoms with E-state index in [-0.39, 0.29) is 18.2 Å². The van der Waals surface area contributed by atoms with Crippen molar-refractivity contribution in [3.8, 4) is 11.5 Å². The predicted octanol–water partition coefficient (Wildman–Crippen LogP) is 6.81. The van der Waals surface area contributed by atoms with Crippen LogP contribution in [0.3, 0.4) is 0 Å². The zero-order valence-corrected chi connectivity index (χ0v) is 19.6. The molecule has 10 heteroatoms. The highest BCUT2D eigenvalue weighted by atomic mass is 35.5. The number of nitrogens with zero attached hydrogens (tertiary/aromatic N) is 3. The summed E-state index contributed by atoms with van der Waals surface area (Å²) >= 11 is 6.31. The van der Waals surface area contributed by atoms with Crippen molar-refractivity contribution in [2.45, 2.75) is 37.1 Å². The molecule has 0 amide bonds. The van der Waals surface area contributed by atoms with Crippen molar-refractivity contribution < 1.29 is 22.1 Å². The number of alkyl halides is 3. The minimum absolute atomic E-state index is 0.0622. The summed E-state index contributed by atoms with van der Waals surface area (Å²) < 4.78 is 63.3. The quantitative estimate of drug-likeness (QED) is 0.303. The molecule has 1 aliphatic carbocycles. The van der Waals surface area contributed by atoms with Crippen LogP contribution in [0.4, 0.5) is 18.9 Å². The van der Waals surface area contributed by atoms with Gasteiger partial charge in [0.2, 0.25) is 0 Å². The summed E-state index contributed by atoms with van der Waals surface area (Å²) in [4.78, 5) is 5.80. The molecule has 32 heavy (non-hydrogen) atoms. The molecule has 2 aromatic carbocycles. The average Bonchev–Trinajstić information content (AvgIpc) is 3.57. The number of hydrogen-bond acceptors (Lipinski definition) is 4. The molecule has 3 rings (SSSR count). The van der Waals surface area contributed by atoms with Crippen molar-refractivity contribution in [1.82, 2.24) is 4.90 Å². The zero-order valence-electron chi connectivity index (χ0n) is 18.0. The van der Waals surface area contributed by atoms with Crippen LogP contribution < -0.4 is 4.74 Å². The molecule has 0 bridgehead atoms. The fourth-order valence-corrected chi connectivity index (χ4v) is 4.45. The van der Waals surface area contributed by atoms with Crippen molar-refractivity contribution in [3.05, 3.63) is 47.0 Å². The fourth-order valence-electron chi connectivity index (χ4n) is 2.73. The van der Waals surface area contributed by atoms with Gasteiger partial charge in [0.1, 0.15) is 11.5 Å². The third-order valence-electron chi connectivity index (χ3n) is 5.02. The summed E-state index contributed by atoms with van der Waals surface area (Å²) in [7, 11) is -2.72. The highest BCUT2D eigenvalue weighted by Crippen LogP contribution is 2.38. The van der Waals surface area contributed by atoms with Gasteiger partial charge in [0.05, 0.1) is 28.5 Å². The lowest BCUT2D eigenvalue weighted by Crippen LogP contribution is -2.23. The van der Waals surface area contributed by atoms with Crippen LogP contribution >= 0.6 is 11.6 Å². The maximum atomic E-state index is 13.7. The molecule has 1 unspecified atom stereocenters. The summed E-state index contributed by atoms with van der Waals surface area (Å²) in [5.41, 5.74) is -3.74. The molecule has 0 heterocycles. The van der Waals surface area contributed by atoms with Crippen LogP contribution in [-0.2, 0) is 9.73 Å². The van der Waals surface area contributed by atoms with E-state index in [2.05, 4.69) is 9.36 Å². The number of halogens is 4. The Kier molecular flexibility index (Phi) is 7.39. The molecule has 2 aromatic rings. The molecule has 1 fully saturated rings. The molecule has 0 radical (unpaired) electrons. The Bertz CT molecular complexity index is 1120. The van der Waals surface area contributed by atoms with Gasteiger partial charge < -0.3 is 9.64 Å². The summed E-state index contributed by atoms with van der Waals surface area (Å²) in [6, 6.07) is 8.45. The maximum absolute atomic E-state index is 13.7. The fraction of sp³-hybridized carbons (Fsp3) is 0.409. The zero-order chi connectivity index (χ0) is 23.5. The molecular weight excluding hydrogens is 463 g/mol. The monoisotopic (exact) mass is 487 g/mol. The number of aliphatic imine (C=N–C) groups is 1. The summed E-state index contributed by atoms with van der Waals surface area (Å²) in [5, 5.41) is 0.334. The lowest BCUT2D eigenvalue weighted by molar-refractivity contribution is -0.0404. The summed E-state index contributed by atoms with van der Waals surface area (Å²) in [6.07, 6.45) is 3.28. The normalized spacial score (nSPS) is 16.1. The van der Waals surface area contributed by atoms with Crippen molar-refractivity contribution in [1.29, 1.82) is 0 Å². The van der Waals surface area contributed by atoms with Gasteiger partial charge in [-0.3, -0.25) is 0 Å². The topological polar surface area (TPSA) is 54.3 Å². The largest absolute Gasteiger partial charge is 0.483 e. The molecule has 5 nitrogen and oxygen atoms in total. The Morgan fingerprint density at radius 1 is 1.28 bits per heavy atom. The minimum Gasteiger partial charge on any atom is -0.457 e. The summed E-state index contributed by atoms with van der Waals surface area (Å²) in [5.74, 6) is 0.561. The maximum Gasteiger partial charge on any atom is 0.483 e. The van der Waals surface area contributed by atoms with Gasteiger partial charge in [-0.1, -0.05) is 17.7 Å². The van der Waals surface area contributed by atoms with E-state index in [9.17, 15) is 17.4 Å². The van der Waals surface area contributed by atoms with Crippen LogP contribution in [0.15, 0.2) is 50.6 Å². The number of hydrogen-bond donors (Lipinski definition) is 0. The lowest BCUT2D eigenvalue weighted by atomic mass is 10.2. The van der Waals surface area contributed by atoms with Crippen molar-refractivity contribution >= 4 is 33.4 Å². The molecule has 1 saturated carbocycles. The number of ether oxygens (including phenoxy) is 1. The van der Waals surface area contributed by atoms with E-state index < -0.39 is 20.1 Å². The first-order valence-corrected chi connectivity index (χ1v) is 12.0. The molecule has 1 atom stereocenters. The molecule has 1 aliphatic rings. The first-order chi connectivity index (χ1) is 15.0. The third kappa shape index (κ3) is 5.75. The smallest absolute Gasteiger partial charge is 0.457 e. The van der Waals surface area contributed by atoms with Crippen molar-refractivity contribution in [2.24, 2.45) is 15.3 Å². The van der Waals surface area contributed by atoms with Crippen molar-refractivity contribution in [2.75, 3.05) is 20.1 Å². The molecule has 174 valence electrons. The Hall–Kier alpha value is -2.26. The van der Waals surface area contributed by atoms with Gasteiger partial charge in [-0.15, -0.1) is 0 Å². The Morgan fingerprint density at radius 2 is 2.00 bits per heavy atom. The van der Waals surface area contributed by atoms with Crippen LogP contribution in [0.1, 0.15) is 25.3 Å². The predicted molar refractivity (Wildman–Crippen MR) is 122 cm³/mol. The van der Waals surface area contributed by atoms with Gasteiger partial charge >= 0.3 is 5.51 Å². The van der Waals surface area contributed by atoms with Crippen molar-refractivity contribution in [3.63, 3.8) is 0 Å². The minimum atomic E-state index is -4.98. The van der Waals surface area contributed by atoms with E-state index in [4.69, 9.17) is 16.3 Å². The number of aryl methyl sites for hydroxylation is 1. The van der Waals surface area contributed by atoms with Crippen LogP contribution in [0.2, 0.25) is 5.02 Å². The van der Waals surface area contributed by atoms with E-state index in [1.165, 1.54) is 18.2 Å². The van der Waals surface area contributed by atoms with Gasteiger partial charge in [-0.2, -0.15) is 13.2 Å². The average molecular weight is 488 g/mol. The molecule has 0 saturated heterocycles. The first kappa shape index (κ1) is 24.4. The second kappa shape index (κ2) is 9.70. The molecule has 0 N–H and O–H groups in total. The third-order valence-corrected chi connectivity index (χ3v) is 7.35. The van der Waals surface area contributed by atoms with E-state index in [0.717, 1.165) is 25.5 Å². The van der Waals surface area contributed by atoms with E-state index >= 15 is 0 Å². The van der Waals surface area contributed by atoms with E-state index in [1.807, 2.05) is 18.9 Å². The first-order valence-electron chi connectivity index (χ1n) is 10.1. The molecular formula is C22H25ClF3N3O2S. The second-order valence-corrected chi connectivity index (χ2v) is 10.3. The van der Waals surface area contributed by atoms with Crippen LogP contribution in [0.25, 0.3) is 0 Å². The standard InChI is InChI=1S/C22H25ClF3N3O2S/c1-4-29(3)14-27-20-10-15(2)21(12-19(20)23)31-17-6-5-7-18(11-17)32(30,22(24,25)26)28-13-16-8-9-16/h5-7,10-12,14,16H,4,8-9,13H2,1-3H3/b27-14-. The Balaban J connectivity index is 1.90. The molecule has 0 aliphatic heterocycles. The van der Waals surface area contributed by atoms with Crippen LogP contribution in [-0.4, -0.2) is 41.1 Å². The second-order valence-electron chi connectivity index (χ2n) is 7.69. The number of rotatable bonds is 8. The number of benzene rings is 2. The van der Waals surface area contributed by atoms with Crippen LogP contribution in [0, 0.1) is 12.8 Å². The van der Waals surface area contributed by atoms with E-state index in [0.29, 0.717) is 22.0 Å². The van der Waals surface area contributed by atoms with Gasteiger partial charge in [0.25, 0.3) is 0 Å². The van der Waals surface area contributed by atoms with E-state index in [1.54, 1.807) is 25.4 Å². The molecule has 0 aromatic heterocycles. The van der Waals surface area contributed by atoms with Crippen LogP contribution in [0.5, 0.6) is 11.5 Å².